The second kappa shape index (κ2) is 10.9. The van der Waals surface area contributed by atoms with Crippen molar-refractivity contribution in [2.24, 2.45) is 0 Å². The number of hydrogen-bond donors (Lipinski definition) is 0. The normalized spacial score (nSPS) is 17.5. The number of amides is 2. The number of carbonyl (C=O) groups is 2. The summed E-state index contributed by atoms with van der Waals surface area (Å²) in [4.78, 5) is 33.5. The molecule has 0 bridgehead atoms. The van der Waals surface area contributed by atoms with Gasteiger partial charge in [-0.25, -0.2) is 0 Å². The van der Waals surface area contributed by atoms with Crippen molar-refractivity contribution in [1.82, 2.24) is 19.6 Å². The maximum Gasteiger partial charge on any atom is 0.253 e. The fourth-order valence-corrected chi connectivity index (χ4v) is 4.08. The summed E-state index contributed by atoms with van der Waals surface area (Å²) >= 11 is 0. The van der Waals surface area contributed by atoms with Crippen LogP contribution in [0.25, 0.3) is 0 Å². The molecule has 0 unspecified atom stereocenters. The molecule has 2 amide bonds. The largest absolute Gasteiger partial charge is 0.336 e. The molecule has 0 atom stereocenters. The summed E-state index contributed by atoms with van der Waals surface area (Å²) in [6, 6.07) is 19.0. The molecule has 0 saturated carbocycles. The summed E-state index contributed by atoms with van der Waals surface area (Å²) in [6.07, 6.45) is 0. The predicted molar refractivity (Wildman–Crippen MR) is 125 cm³/mol. The van der Waals surface area contributed by atoms with Gasteiger partial charge in [0.1, 0.15) is 0 Å². The van der Waals surface area contributed by atoms with Crippen LogP contribution in [0.5, 0.6) is 0 Å². The van der Waals surface area contributed by atoms with Crippen LogP contribution in [0.1, 0.15) is 20.7 Å². The monoisotopic (exact) mass is 430 g/mol. The van der Waals surface area contributed by atoms with Crippen LogP contribution in [0.4, 0.5) is 0 Å². The number of rotatable bonds is 4. The third-order valence-corrected chi connectivity index (χ3v) is 6.09. The highest BCUT2D eigenvalue weighted by Crippen LogP contribution is 2.09. The fourth-order valence-electron chi connectivity index (χ4n) is 4.08. The molecular weight excluding hydrogens is 400 g/mol. The lowest BCUT2D eigenvalue weighted by molar-refractivity contribution is 0.0643. The summed E-state index contributed by atoms with van der Waals surface area (Å²) in [5, 5.41) is 0. The van der Waals surface area contributed by atoms with Crippen molar-refractivity contribution >= 4 is 11.8 Å². The van der Waals surface area contributed by atoms with Crippen LogP contribution in [0.15, 0.2) is 60.7 Å². The van der Waals surface area contributed by atoms with Crippen molar-refractivity contribution in [3.63, 3.8) is 0 Å². The van der Waals surface area contributed by atoms with Gasteiger partial charge in [-0.15, -0.1) is 0 Å². The first-order valence-corrected chi connectivity index (χ1v) is 11.3. The first-order chi connectivity index (χ1) is 15.7. The van der Waals surface area contributed by atoms with Crippen LogP contribution in [0, 0.1) is 11.8 Å². The first-order valence-electron chi connectivity index (χ1n) is 11.3. The molecule has 2 aromatic carbocycles. The standard InChI is InChI=1S/C26H30N4O2/c31-25(23-9-3-1-4-10-23)29-19-15-27(16-20-29)13-7-8-14-28-17-21-30(22-18-28)26(32)24-11-5-2-6-12-24/h1-6,9-12H,13-22H2. The van der Waals surface area contributed by atoms with Crippen molar-refractivity contribution < 1.29 is 9.59 Å². The lowest BCUT2D eigenvalue weighted by Gasteiger charge is -2.34. The highest BCUT2D eigenvalue weighted by atomic mass is 16.2. The van der Waals surface area contributed by atoms with Crippen LogP contribution < -0.4 is 0 Å². The van der Waals surface area contributed by atoms with E-state index in [0.29, 0.717) is 0 Å². The van der Waals surface area contributed by atoms with Gasteiger partial charge in [-0.3, -0.25) is 19.4 Å². The molecule has 2 aliphatic rings. The van der Waals surface area contributed by atoms with Crippen LogP contribution in [-0.2, 0) is 0 Å². The molecule has 2 heterocycles. The van der Waals surface area contributed by atoms with E-state index in [1.807, 2.05) is 70.5 Å². The second-order valence-corrected chi connectivity index (χ2v) is 8.22. The molecule has 0 N–H and O–H groups in total. The smallest absolute Gasteiger partial charge is 0.253 e. The van der Waals surface area contributed by atoms with Crippen molar-refractivity contribution in [3.05, 3.63) is 71.8 Å². The molecule has 6 nitrogen and oxygen atoms in total. The van der Waals surface area contributed by atoms with Gasteiger partial charge in [0.15, 0.2) is 0 Å². The summed E-state index contributed by atoms with van der Waals surface area (Å²) in [6.45, 7) is 7.86. The van der Waals surface area contributed by atoms with Crippen molar-refractivity contribution in [2.45, 2.75) is 0 Å². The Kier molecular flexibility index (Phi) is 7.55. The number of hydrogen-bond acceptors (Lipinski definition) is 4. The van der Waals surface area contributed by atoms with Crippen LogP contribution >= 0.6 is 0 Å². The molecule has 0 aliphatic carbocycles. The van der Waals surface area contributed by atoms with E-state index in [9.17, 15) is 9.59 Å². The zero-order valence-corrected chi connectivity index (χ0v) is 18.4. The van der Waals surface area contributed by atoms with Gasteiger partial charge in [0.2, 0.25) is 0 Å². The van der Waals surface area contributed by atoms with Crippen molar-refractivity contribution in [2.75, 3.05) is 65.4 Å². The van der Waals surface area contributed by atoms with Gasteiger partial charge >= 0.3 is 0 Å². The Bertz CT molecular complexity index is 874. The van der Waals surface area contributed by atoms with Crippen molar-refractivity contribution in [3.8, 4) is 11.8 Å². The molecule has 2 saturated heterocycles. The molecule has 2 aromatic rings. The van der Waals surface area contributed by atoms with E-state index in [-0.39, 0.29) is 11.8 Å². The predicted octanol–water partition coefficient (Wildman–Crippen LogP) is 1.91. The maximum absolute atomic E-state index is 12.5. The number of carbonyl (C=O) groups excluding carboxylic acids is 2. The molecule has 0 aromatic heterocycles. The number of nitrogens with zero attached hydrogens (tertiary/aromatic N) is 4. The topological polar surface area (TPSA) is 47.1 Å². The minimum absolute atomic E-state index is 0.112. The van der Waals surface area contributed by atoms with E-state index in [2.05, 4.69) is 21.6 Å². The molecular formula is C26H30N4O2. The van der Waals surface area contributed by atoms with Crippen LogP contribution in [0.2, 0.25) is 0 Å². The van der Waals surface area contributed by atoms with Crippen LogP contribution in [0.3, 0.4) is 0 Å². The van der Waals surface area contributed by atoms with Gasteiger partial charge in [0, 0.05) is 63.5 Å². The summed E-state index contributed by atoms with van der Waals surface area (Å²) in [5.41, 5.74) is 1.51. The molecule has 4 rings (SSSR count). The molecule has 2 aliphatic heterocycles. The Balaban J connectivity index is 1.14. The Hall–Kier alpha value is -3.14. The van der Waals surface area contributed by atoms with E-state index < -0.39 is 0 Å². The van der Waals surface area contributed by atoms with Gasteiger partial charge in [-0.1, -0.05) is 48.2 Å². The number of benzene rings is 2. The Morgan fingerprint density at radius 1 is 0.562 bits per heavy atom. The van der Waals surface area contributed by atoms with Crippen molar-refractivity contribution in [1.29, 1.82) is 0 Å². The zero-order valence-electron chi connectivity index (χ0n) is 18.4. The van der Waals surface area contributed by atoms with Gasteiger partial charge in [0.05, 0.1) is 13.1 Å². The maximum atomic E-state index is 12.5. The molecule has 0 radical (unpaired) electrons. The summed E-state index contributed by atoms with van der Waals surface area (Å²) < 4.78 is 0. The Labute approximate surface area is 190 Å². The third kappa shape index (κ3) is 5.76. The van der Waals surface area contributed by atoms with E-state index in [4.69, 9.17) is 0 Å². The van der Waals surface area contributed by atoms with Gasteiger partial charge in [0.25, 0.3) is 11.8 Å². The third-order valence-electron chi connectivity index (χ3n) is 6.09. The number of piperazine rings is 2. The Morgan fingerprint density at radius 2 is 0.906 bits per heavy atom. The lowest BCUT2D eigenvalue weighted by atomic mass is 10.2. The molecule has 32 heavy (non-hydrogen) atoms. The van der Waals surface area contributed by atoms with E-state index in [1.165, 1.54) is 0 Å². The second-order valence-electron chi connectivity index (χ2n) is 8.22. The molecule has 2 fully saturated rings. The average Bonchev–Trinajstić information content (AvgIpc) is 2.87. The Morgan fingerprint density at radius 3 is 1.25 bits per heavy atom. The lowest BCUT2D eigenvalue weighted by Crippen LogP contribution is -2.49. The van der Waals surface area contributed by atoms with Crippen LogP contribution in [-0.4, -0.2) is 96.9 Å². The SMILES string of the molecule is O=C(c1ccccc1)N1CCN(CC#CCN2CCN(C(=O)c3ccccc3)CC2)CC1. The average molecular weight is 431 g/mol. The first kappa shape index (κ1) is 22.1. The highest BCUT2D eigenvalue weighted by molar-refractivity contribution is 5.94. The highest BCUT2D eigenvalue weighted by Gasteiger charge is 2.22. The molecule has 0 spiro atoms. The van der Waals surface area contributed by atoms with Gasteiger partial charge in [-0.2, -0.15) is 0 Å². The van der Waals surface area contributed by atoms with E-state index in [0.717, 1.165) is 76.6 Å². The van der Waals surface area contributed by atoms with Gasteiger partial charge in [-0.05, 0) is 24.3 Å². The minimum atomic E-state index is 0.112. The van der Waals surface area contributed by atoms with E-state index >= 15 is 0 Å². The fraction of sp³-hybridized carbons (Fsp3) is 0.385. The van der Waals surface area contributed by atoms with Gasteiger partial charge < -0.3 is 9.80 Å². The summed E-state index contributed by atoms with van der Waals surface area (Å²) in [7, 11) is 0. The zero-order chi connectivity index (χ0) is 22.2. The molecule has 6 heteroatoms. The van der Waals surface area contributed by atoms with E-state index in [1.54, 1.807) is 0 Å². The quantitative estimate of drug-likeness (QED) is 0.696. The minimum Gasteiger partial charge on any atom is -0.336 e. The molecule has 166 valence electrons. The summed E-state index contributed by atoms with van der Waals surface area (Å²) in [5.74, 6) is 6.80.